The molecule has 0 spiro atoms. The van der Waals surface area contributed by atoms with Crippen LogP contribution in [0.15, 0.2) is 79.1 Å². The highest BCUT2D eigenvalue weighted by Gasteiger charge is 2.12. The van der Waals surface area contributed by atoms with Gasteiger partial charge >= 0.3 is 0 Å². The van der Waals surface area contributed by atoms with E-state index in [2.05, 4.69) is 15.3 Å². The largest absolute Gasteiger partial charge is 0.493 e. The Morgan fingerprint density at radius 2 is 1.47 bits per heavy atom. The quantitative estimate of drug-likeness (QED) is 0.388. The Labute approximate surface area is 197 Å². The van der Waals surface area contributed by atoms with E-state index in [9.17, 15) is 4.79 Å². The van der Waals surface area contributed by atoms with Crippen molar-refractivity contribution in [1.29, 1.82) is 0 Å². The van der Waals surface area contributed by atoms with E-state index in [0.717, 1.165) is 5.56 Å². The fourth-order valence-corrected chi connectivity index (χ4v) is 3.31. The summed E-state index contributed by atoms with van der Waals surface area (Å²) >= 11 is 0. The molecule has 34 heavy (non-hydrogen) atoms. The number of hydrogen-bond donors (Lipinski definition) is 1. The summed E-state index contributed by atoms with van der Waals surface area (Å²) in [4.78, 5) is 21.4. The van der Waals surface area contributed by atoms with E-state index < -0.39 is 0 Å². The van der Waals surface area contributed by atoms with Gasteiger partial charge < -0.3 is 24.3 Å². The molecule has 172 valence electrons. The number of benzene rings is 3. The average molecular weight is 457 g/mol. The zero-order valence-corrected chi connectivity index (χ0v) is 18.9. The van der Waals surface area contributed by atoms with Crippen LogP contribution in [0.4, 0.5) is 5.69 Å². The lowest BCUT2D eigenvalue weighted by molar-refractivity contribution is 0.102. The van der Waals surface area contributed by atoms with Crippen LogP contribution in [0, 0.1) is 0 Å². The SMILES string of the molecule is COc1ccc(NC(=O)c2cccc(-c3cc(Oc4ccccc4OC)ncn3)c2)cc1OC. The highest BCUT2D eigenvalue weighted by atomic mass is 16.5. The first-order valence-corrected chi connectivity index (χ1v) is 10.4. The van der Waals surface area contributed by atoms with Gasteiger partial charge in [0.25, 0.3) is 5.91 Å². The molecule has 1 aromatic heterocycles. The van der Waals surface area contributed by atoms with Gasteiger partial charge in [0.2, 0.25) is 5.88 Å². The number of methoxy groups -OCH3 is 3. The molecule has 0 aliphatic carbocycles. The van der Waals surface area contributed by atoms with Gasteiger partial charge in [0, 0.05) is 28.9 Å². The second-order valence-electron chi connectivity index (χ2n) is 7.10. The van der Waals surface area contributed by atoms with Crippen molar-refractivity contribution < 1.29 is 23.7 Å². The Balaban J connectivity index is 1.54. The average Bonchev–Trinajstić information content (AvgIpc) is 2.89. The summed E-state index contributed by atoms with van der Waals surface area (Å²) < 4.78 is 21.7. The highest BCUT2D eigenvalue weighted by molar-refractivity contribution is 6.05. The van der Waals surface area contributed by atoms with Crippen LogP contribution in [-0.4, -0.2) is 37.2 Å². The molecule has 4 rings (SSSR count). The van der Waals surface area contributed by atoms with Gasteiger partial charge in [-0.25, -0.2) is 9.97 Å². The minimum atomic E-state index is -0.270. The van der Waals surface area contributed by atoms with Crippen LogP contribution in [-0.2, 0) is 0 Å². The number of nitrogens with zero attached hydrogens (tertiary/aromatic N) is 2. The smallest absolute Gasteiger partial charge is 0.255 e. The van der Waals surface area contributed by atoms with Gasteiger partial charge in [-0.15, -0.1) is 0 Å². The van der Waals surface area contributed by atoms with Gasteiger partial charge in [0.05, 0.1) is 27.0 Å². The zero-order valence-electron chi connectivity index (χ0n) is 18.9. The number of carbonyl (C=O) groups is 1. The number of ether oxygens (including phenoxy) is 4. The van der Waals surface area contributed by atoms with E-state index in [1.807, 2.05) is 18.2 Å². The Kier molecular flexibility index (Phi) is 6.88. The molecule has 0 saturated heterocycles. The number of aromatic nitrogens is 2. The Morgan fingerprint density at radius 1 is 0.735 bits per heavy atom. The van der Waals surface area contributed by atoms with Crippen LogP contribution in [0.2, 0.25) is 0 Å². The first-order chi connectivity index (χ1) is 16.6. The number of carbonyl (C=O) groups excluding carboxylic acids is 1. The molecule has 1 N–H and O–H groups in total. The van der Waals surface area contributed by atoms with E-state index in [-0.39, 0.29) is 5.91 Å². The second-order valence-corrected chi connectivity index (χ2v) is 7.10. The van der Waals surface area contributed by atoms with E-state index in [1.54, 1.807) is 75.9 Å². The van der Waals surface area contributed by atoms with Crippen molar-refractivity contribution in [2.24, 2.45) is 0 Å². The van der Waals surface area contributed by atoms with E-state index >= 15 is 0 Å². The monoisotopic (exact) mass is 457 g/mol. The Hall–Kier alpha value is -4.59. The molecule has 0 atom stereocenters. The van der Waals surface area contributed by atoms with Gasteiger partial charge in [0.1, 0.15) is 6.33 Å². The third kappa shape index (κ3) is 5.07. The minimum Gasteiger partial charge on any atom is -0.493 e. The number of para-hydroxylation sites is 2. The molecule has 0 radical (unpaired) electrons. The predicted molar refractivity (Wildman–Crippen MR) is 128 cm³/mol. The molecule has 0 fully saturated rings. The molecule has 1 amide bonds. The lowest BCUT2D eigenvalue weighted by Crippen LogP contribution is -2.12. The minimum absolute atomic E-state index is 0.270. The van der Waals surface area contributed by atoms with E-state index in [1.165, 1.54) is 6.33 Å². The molecule has 0 aliphatic rings. The third-order valence-corrected chi connectivity index (χ3v) is 4.99. The van der Waals surface area contributed by atoms with Crippen molar-refractivity contribution in [2.45, 2.75) is 0 Å². The van der Waals surface area contributed by atoms with Crippen molar-refractivity contribution in [3.05, 3.63) is 84.7 Å². The van der Waals surface area contributed by atoms with Crippen molar-refractivity contribution in [3.63, 3.8) is 0 Å². The molecule has 0 aliphatic heterocycles. The number of hydrogen-bond acceptors (Lipinski definition) is 7. The van der Waals surface area contributed by atoms with Gasteiger partial charge in [-0.05, 0) is 36.4 Å². The summed E-state index contributed by atoms with van der Waals surface area (Å²) in [5.74, 6) is 2.33. The van der Waals surface area contributed by atoms with Crippen LogP contribution in [0.25, 0.3) is 11.3 Å². The molecule has 1 heterocycles. The standard InChI is InChI=1S/C26H23N3O5/c1-31-21-9-4-5-10-23(21)34-25-15-20(27-16-28-25)17-7-6-8-18(13-17)26(30)29-19-11-12-22(32-2)24(14-19)33-3/h4-16H,1-3H3,(H,29,30). The second kappa shape index (κ2) is 10.4. The van der Waals surface area contributed by atoms with E-state index in [0.29, 0.717) is 45.8 Å². The van der Waals surface area contributed by atoms with Gasteiger partial charge in [-0.2, -0.15) is 0 Å². The van der Waals surface area contributed by atoms with Crippen LogP contribution >= 0.6 is 0 Å². The Morgan fingerprint density at radius 3 is 2.24 bits per heavy atom. The van der Waals surface area contributed by atoms with Crippen LogP contribution in [0.3, 0.4) is 0 Å². The molecule has 0 saturated carbocycles. The predicted octanol–water partition coefficient (Wildman–Crippen LogP) is 5.21. The molecular weight excluding hydrogens is 434 g/mol. The molecular formula is C26H23N3O5. The number of amides is 1. The Bertz CT molecular complexity index is 1310. The van der Waals surface area contributed by atoms with Gasteiger partial charge in [-0.3, -0.25) is 4.79 Å². The van der Waals surface area contributed by atoms with Crippen molar-refractivity contribution in [1.82, 2.24) is 9.97 Å². The summed E-state index contributed by atoms with van der Waals surface area (Å²) in [6, 6.07) is 21.3. The molecule has 0 unspecified atom stereocenters. The van der Waals surface area contributed by atoms with Crippen LogP contribution in [0.1, 0.15) is 10.4 Å². The van der Waals surface area contributed by atoms with Gasteiger partial charge in [-0.1, -0.05) is 24.3 Å². The maximum atomic E-state index is 12.9. The topological polar surface area (TPSA) is 91.8 Å². The lowest BCUT2D eigenvalue weighted by Gasteiger charge is -2.11. The number of nitrogens with one attached hydrogen (secondary N) is 1. The zero-order chi connectivity index (χ0) is 23.9. The molecule has 3 aromatic carbocycles. The lowest BCUT2D eigenvalue weighted by atomic mass is 10.1. The summed E-state index contributed by atoms with van der Waals surface area (Å²) in [6.07, 6.45) is 1.41. The summed E-state index contributed by atoms with van der Waals surface area (Å²) in [7, 11) is 4.67. The first kappa shape index (κ1) is 22.6. The maximum absolute atomic E-state index is 12.9. The normalized spacial score (nSPS) is 10.3. The number of anilines is 1. The molecule has 4 aromatic rings. The van der Waals surface area contributed by atoms with Crippen LogP contribution in [0.5, 0.6) is 28.9 Å². The third-order valence-electron chi connectivity index (χ3n) is 4.99. The fraction of sp³-hybridized carbons (Fsp3) is 0.115. The van der Waals surface area contributed by atoms with Crippen molar-refractivity contribution in [3.8, 4) is 40.1 Å². The van der Waals surface area contributed by atoms with E-state index in [4.69, 9.17) is 18.9 Å². The maximum Gasteiger partial charge on any atom is 0.255 e. The highest BCUT2D eigenvalue weighted by Crippen LogP contribution is 2.32. The summed E-state index contributed by atoms with van der Waals surface area (Å²) in [5.41, 5.74) is 2.41. The molecule has 8 nitrogen and oxygen atoms in total. The van der Waals surface area contributed by atoms with Crippen molar-refractivity contribution >= 4 is 11.6 Å². The first-order valence-electron chi connectivity index (χ1n) is 10.4. The van der Waals surface area contributed by atoms with Crippen LogP contribution < -0.4 is 24.3 Å². The number of rotatable bonds is 8. The van der Waals surface area contributed by atoms with Gasteiger partial charge in [0.15, 0.2) is 23.0 Å². The molecule has 0 bridgehead atoms. The summed E-state index contributed by atoms with van der Waals surface area (Å²) in [5, 5.41) is 2.87. The van der Waals surface area contributed by atoms with Crippen molar-refractivity contribution in [2.75, 3.05) is 26.6 Å². The fourth-order valence-electron chi connectivity index (χ4n) is 3.31. The summed E-state index contributed by atoms with van der Waals surface area (Å²) in [6.45, 7) is 0. The molecule has 8 heteroatoms.